The fraction of sp³-hybridized carbons (Fsp3) is 0.909. The van der Waals surface area contributed by atoms with Crippen LogP contribution in [0.2, 0.25) is 0 Å². The summed E-state index contributed by atoms with van der Waals surface area (Å²) in [7, 11) is 1.82. The minimum absolute atomic E-state index is 0.171. The molecule has 2 atom stereocenters. The lowest BCUT2D eigenvalue weighted by atomic mass is 10.3. The van der Waals surface area contributed by atoms with Crippen molar-refractivity contribution in [1.29, 1.82) is 5.26 Å². The van der Waals surface area contributed by atoms with Crippen LogP contribution >= 0.6 is 0 Å². The van der Waals surface area contributed by atoms with E-state index in [1.54, 1.807) is 0 Å². The molecule has 2 unspecified atom stereocenters. The average molecular weight is 214 g/mol. The molecular formula is C11H22N2O2. The fourth-order valence-electron chi connectivity index (χ4n) is 1.11. The first-order valence-corrected chi connectivity index (χ1v) is 5.47. The number of likely N-dealkylation sites (N-methyl/N-ethyl adjacent to an activating group) is 1. The predicted octanol–water partition coefficient (Wildman–Crippen LogP) is 1.01. The summed E-state index contributed by atoms with van der Waals surface area (Å²) in [4.78, 5) is 1.81. The molecule has 0 fully saturated rings. The van der Waals surface area contributed by atoms with E-state index in [1.807, 2.05) is 18.9 Å². The lowest BCUT2D eigenvalue weighted by Gasteiger charge is -2.22. The molecule has 4 nitrogen and oxygen atoms in total. The van der Waals surface area contributed by atoms with Crippen molar-refractivity contribution < 1.29 is 9.84 Å². The molecule has 4 heteroatoms. The molecule has 15 heavy (non-hydrogen) atoms. The number of aliphatic hydroxyl groups is 1. The predicted molar refractivity (Wildman–Crippen MR) is 59.4 cm³/mol. The highest BCUT2D eigenvalue weighted by molar-refractivity contribution is 4.87. The van der Waals surface area contributed by atoms with Crippen LogP contribution in [0, 0.1) is 11.3 Å². The molecule has 0 rings (SSSR count). The molecular weight excluding hydrogens is 192 g/mol. The molecule has 0 aliphatic rings. The summed E-state index contributed by atoms with van der Waals surface area (Å²) < 4.78 is 5.29. The van der Waals surface area contributed by atoms with E-state index in [9.17, 15) is 5.11 Å². The first-order valence-electron chi connectivity index (χ1n) is 5.47. The van der Waals surface area contributed by atoms with Gasteiger partial charge in [-0.1, -0.05) is 13.3 Å². The Balaban J connectivity index is 3.56. The lowest BCUT2D eigenvalue weighted by Crippen LogP contribution is -2.37. The molecule has 0 aliphatic heterocycles. The van der Waals surface area contributed by atoms with E-state index < -0.39 is 6.10 Å². The summed E-state index contributed by atoms with van der Waals surface area (Å²) in [6.45, 7) is 5.43. The standard InChI is InChI=1S/C11H22N2O2/c1-4-5-6-15-9-11(14)8-13(3)10(2)7-12/h10-11,14H,4-6,8-9H2,1-3H3. The van der Waals surface area contributed by atoms with Gasteiger partial charge in [-0.3, -0.25) is 4.90 Å². The number of nitriles is 1. The number of unbranched alkanes of at least 4 members (excludes halogenated alkanes) is 1. The summed E-state index contributed by atoms with van der Waals surface area (Å²) in [5.41, 5.74) is 0. The molecule has 0 bridgehead atoms. The zero-order valence-electron chi connectivity index (χ0n) is 9.94. The molecule has 0 aliphatic carbocycles. The quantitative estimate of drug-likeness (QED) is 0.613. The molecule has 1 N–H and O–H groups in total. The van der Waals surface area contributed by atoms with Gasteiger partial charge in [-0.15, -0.1) is 0 Å². The second-order valence-corrected chi connectivity index (χ2v) is 3.83. The summed E-state index contributed by atoms with van der Waals surface area (Å²) >= 11 is 0. The van der Waals surface area contributed by atoms with E-state index in [1.165, 1.54) is 0 Å². The lowest BCUT2D eigenvalue weighted by molar-refractivity contribution is 0.0175. The highest BCUT2D eigenvalue weighted by Crippen LogP contribution is 1.97. The molecule has 0 heterocycles. The van der Waals surface area contributed by atoms with Gasteiger partial charge in [0.15, 0.2) is 0 Å². The van der Waals surface area contributed by atoms with E-state index in [2.05, 4.69) is 13.0 Å². The summed E-state index contributed by atoms with van der Waals surface area (Å²) in [6.07, 6.45) is 1.61. The number of nitrogens with zero attached hydrogens (tertiary/aromatic N) is 2. The fourth-order valence-corrected chi connectivity index (χ4v) is 1.11. The number of rotatable bonds is 8. The zero-order valence-corrected chi connectivity index (χ0v) is 9.94. The molecule has 0 aromatic heterocycles. The Morgan fingerprint density at radius 1 is 1.53 bits per heavy atom. The Kier molecular flexibility index (Phi) is 8.30. The van der Waals surface area contributed by atoms with Gasteiger partial charge in [-0.2, -0.15) is 5.26 Å². The molecule has 0 aromatic rings. The maximum absolute atomic E-state index is 9.59. The highest BCUT2D eigenvalue weighted by Gasteiger charge is 2.12. The second kappa shape index (κ2) is 8.66. The third kappa shape index (κ3) is 7.32. The van der Waals surface area contributed by atoms with Crippen LogP contribution in [0.3, 0.4) is 0 Å². The molecule has 88 valence electrons. The maximum atomic E-state index is 9.59. The van der Waals surface area contributed by atoms with Crippen LogP contribution in [-0.4, -0.2) is 49.0 Å². The third-order valence-electron chi connectivity index (χ3n) is 2.30. The highest BCUT2D eigenvalue weighted by atomic mass is 16.5. The van der Waals surface area contributed by atoms with Crippen LogP contribution < -0.4 is 0 Å². The second-order valence-electron chi connectivity index (χ2n) is 3.83. The molecule has 0 spiro atoms. The monoisotopic (exact) mass is 214 g/mol. The van der Waals surface area contributed by atoms with Gasteiger partial charge >= 0.3 is 0 Å². The van der Waals surface area contributed by atoms with Gasteiger partial charge < -0.3 is 9.84 Å². The van der Waals surface area contributed by atoms with Crippen molar-refractivity contribution in [3.8, 4) is 6.07 Å². The summed E-state index contributed by atoms with van der Waals surface area (Å²) in [6, 6.07) is 1.95. The van der Waals surface area contributed by atoms with Crippen LogP contribution in [0.25, 0.3) is 0 Å². The van der Waals surface area contributed by atoms with Crippen molar-refractivity contribution >= 4 is 0 Å². The molecule has 0 radical (unpaired) electrons. The minimum atomic E-state index is -0.511. The van der Waals surface area contributed by atoms with Crippen molar-refractivity contribution in [2.24, 2.45) is 0 Å². The van der Waals surface area contributed by atoms with Crippen molar-refractivity contribution in [2.45, 2.75) is 38.8 Å². The van der Waals surface area contributed by atoms with E-state index >= 15 is 0 Å². The van der Waals surface area contributed by atoms with E-state index in [0.29, 0.717) is 19.8 Å². The van der Waals surface area contributed by atoms with Crippen LogP contribution in [0.15, 0.2) is 0 Å². The van der Waals surface area contributed by atoms with Gasteiger partial charge in [0.05, 0.1) is 24.8 Å². The van der Waals surface area contributed by atoms with Crippen molar-refractivity contribution in [3.63, 3.8) is 0 Å². The van der Waals surface area contributed by atoms with Crippen LogP contribution in [0.4, 0.5) is 0 Å². The number of hydrogen-bond donors (Lipinski definition) is 1. The van der Waals surface area contributed by atoms with Gasteiger partial charge in [0, 0.05) is 13.2 Å². The normalized spacial score (nSPS) is 14.9. The first kappa shape index (κ1) is 14.4. The van der Waals surface area contributed by atoms with E-state index in [0.717, 1.165) is 12.8 Å². The Hall–Kier alpha value is -0.630. The molecule has 0 saturated heterocycles. The van der Waals surface area contributed by atoms with Gasteiger partial charge in [-0.25, -0.2) is 0 Å². The Bertz CT molecular complexity index is 192. The Morgan fingerprint density at radius 3 is 2.73 bits per heavy atom. The molecule has 0 aromatic carbocycles. The van der Waals surface area contributed by atoms with Crippen molar-refractivity contribution in [1.82, 2.24) is 4.90 Å². The summed E-state index contributed by atoms with van der Waals surface area (Å²) in [5, 5.41) is 18.2. The van der Waals surface area contributed by atoms with E-state index in [-0.39, 0.29) is 6.04 Å². The third-order valence-corrected chi connectivity index (χ3v) is 2.30. The topological polar surface area (TPSA) is 56.5 Å². The molecule has 0 saturated carbocycles. The van der Waals surface area contributed by atoms with Crippen molar-refractivity contribution in [3.05, 3.63) is 0 Å². The Labute approximate surface area is 92.4 Å². The van der Waals surface area contributed by atoms with Crippen LogP contribution in [0.5, 0.6) is 0 Å². The van der Waals surface area contributed by atoms with Crippen molar-refractivity contribution in [2.75, 3.05) is 26.8 Å². The van der Waals surface area contributed by atoms with Crippen LogP contribution in [0.1, 0.15) is 26.7 Å². The van der Waals surface area contributed by atoms with Gasteiger partial charge in [0.25, 0.3) is 0 Å². The van der Waals surface area contributed by atoms with Gasteiger partial charge in [0.2, 0.25) is 0 Å². The van der Waals surface area contributed by atoms with E-state index in [4.69, 9.17) is 10.00 Å². The Morgan fingerprint density at radius 2 is 2.20 bits per heavy atom. The number of ether oxygens (including phenoxy) is 1. The summed E-state index contributed by atoms with van der Waals surface area (Å²) in [5.74, 6) is 0. The van der Waals surface area contributed by atoms with Gasteiger partial charge in [0.1, 0.15) is 0 Å². The van der Waals surface area contributed by atoms with Gasteiger partial charge in [-0.05, 0) is 20.4 Å². The smallest absolute Gasteiger partial charge is 0.0947 e. The zero-order chi connectivity index (χ0) is 11.7. The SMILES string of the molecule is CCCCOCC(O)CN(C)C(C)C#N. The number of hydrogen-bond acceptors (Lipinski definition) is 4. The molecule has 0 amide bonds. The average Bonchev–Trinajstić information content (AvgIpc) is 2.23. The maximum Gasteiger partial charge on any atom is 0.0947 e. The van der Waals surface area contributed by atoms with Crippen LogP contribution in [-0.2, 0) is 4.74 Å². The first-order chi connectivity index (χ1) is 7.11. The minimum Gasteiger partial charge on any atom is -0.389 e. The number of aliphatic hydroxyl groups excluding tert-OH is 1. The largest absolute Gasteiger partial charge is 0.389 e.